The third-order valence-electron chi connectivity index (χ3n) is 3.06. The largest absolute Gasteiger partial charge is 0.459 e. The van der Waals surface area contributed by atoms with Gasteiger partial charge in [0.25, 0.3) is 0 Å². The number of rotatable bonds is 2. The third-order valence-corrected chi connectivity index (χ3v) is 3.06. The molecule has 0 saturated carbocycles. The quantitative estimate of drug-likeness (QED) is 0.619. The van der Waals surface area contributed by atoms with Crippen LogP contribution in [0.3, 0.4) is 0 Å². The lowest BCUT2D eigenvalue weighted by Gasteiger charge is -2.30. The highest BCUT2D eigenvalue weighted by atomic mass is 16.5. The minimum Gasteiger partial charge on any atom is -0.459 e. The van der Waals surface area contributed by atoms with Gasteiger partial charge in [0.2, 0.25) is 0 Å². The summed E-state index contributed by atoms with van der Waals surface area (Å²) < 4.78 is 4.73. The van der Waals surface area contributed by atoms with Crippen molar-refractivity contribution in [2.45, 2.75) is 25.7 Å². The normalized spacial score (nSPS) is 19.6. The maximum absolute atomic E-state index is 11.8. The smallest absolute Gasteiger partial charge is 0.397 e. The molecule has 98 valence electrons. The second kappa shape index (κ2) is 5.66. The van der Waals surface area contributed by atoms with Gasteiger partial charge in [-0.05, 0) is 19.8 Å². The molecule has 1 aromatic rings. The van der Waals surface area contributed by atoms with Crippen LogP contribution in [-0.4, -0.2) is 46.4 Å². The zero-order chi connectivity index (χ0) is 13.0. The van der Waals surface area contributed by atoms with Gasteiger partial charge in [0, 0.05) is 31.4 Å². The Balaban J connectivity index is 1.98. The molecule has 2 rings (SSSR count). The van der Waals surface area contributed by atoms with Crippen molar-refractivity contribution in [2.75, 3.05) is 19.7 Å². The molecule has 1 aromatic heterocycles. The first-order valence-electron chi connectivity index (χ1n) is 6.17. The number of imidazole rings is 1. The third kappa shape index (κ3) is 2.69. The van der Waals surface area contributed by atoms with Crippen molar-refractivity contribution in [1.82, 2.24) is 14.9 Å². The van der Waals surface area contributed by atoms with Crippen molar-refractivity contribution in [1.29, 1.82) is 0 Å². The predicted molar refractivity (Wildman–Crippen MR) is 63.8 cm³/mol. The number of hydrogen-bond acceptors (Lipinski definition) is 4. The summed E-state index contributed by atoms with van der Waals surface area (Å²) in [6.07, 6.45) is 5.31. The maximum atomic E-state index is 11.8. The van der Waals surface area contributed by atoms with E-state index >= 15 is 0 Å². The van der Waals surface area contributed by atoms with Crippen LogP contribution < -0.4 is 0 Å². The van der Waals surface area contributed by atoms with Gasteiger partial charge in [-0.3, -0.25) is 4.79 Å². The molecule has 1 atom stereocenters. The molecule has 18 heavy (non-hydrogen) atoms. The number of aromatic amines is 1. The fourth-order valence-electron chi connectivity index (χ4n) is 2.21. The molecule has 0 aliphatic carbocycles. The summed E-state index contributed by atoms with van der Waals surface area (Å²) in [5.41, 5.74) is 0. The van der Waals surface area contributed by atoms with Crippen molar-refractivity contribution in [3.8, 4) is 0 Å². The van der Waals surface area contributed by atoms with Crippen molar-refractivity contribution < 1.29 is 14.3 Å². The van der Waals surface area contributed by atoms with Crippen LogP contribution in [0, 0.1) is 0 Å². The zero-order valence-electron chi connectivity index (χ0n) is 10.4. The van der Waals surface area contributed by atoms with Crippen LogP contribution in [0.2, 0.25) is 0 Å². The van der Waals surface area contributed by atoms with E-state index in [0.29, 0.717) is 13.1 Å². The van der Waals surface area contributed by atoms with Gasteiger partial charge in [-0.15, -0.1) is 0 Å². The molecule has 6 nitrogen and oxygen atoms in total. The van der Waals surface area contributed by atoms with Crippen LogP contribution in [-0.2, 0) is 14.3 Å². The SMILES string of the molecule is CCOC(=O)C(=O)N1CCCC(c2ncc[nH]2)C1. The minimum atomic E-state index is -0.766. The standard InChI is InChI=1S/C12H17N3O3/c1-2-18-12(17)11(16)15-7-3-4-9(8-15)10-13-5-6-14-10/h5-6,9H,2-4,7-8H2,1H3,(H,13,14). The number of nitrogens with one attached hydrogen (secondary N) is 1. The second-order valence-electron chi connectivity index (χ2n) is 4.29. The average molecular weight is 251 g/mol. The molecule has 1 N–H and O–H groups in total. The number of H-pyrrole nitrogens is 1. The van der Waals surface area contributed by atoms with Crippen molar-refractivity contribution in [3.63, 3.8) is 0 Å². The van der Waals surface area contributed by atoms with E-state index in [2.05, 4.69) is 9.97 Å². The van der Waals surface area contributed by atoms with E-state index in [0.717, 1.165) is 18.7 Å². The Hall–Kier alpha value is -1.85. The number of aromatic nitrogens is 2. The molecule has 1 amide bonds. The Morgan fingerprint density at radius 3 is 3.11 bits per heavy atom. The number of ether oxygens (including phenoxy) is 1. The van der Waals surface area contributed by atoms with Crippen LogP contribution in [0.4, 0.5) is 0 Å². The molecule has 1 aliphatic heterocycles. The van der Waals surface area contributed by atoms with Gasteiger partial charge in [0.05, 0.1) is 6.61 Å². The average Bonchev–Trinajstić information content (AvgIpc) is 2.92. The van der Waals surface area contributed by atoms with Gasteiger partial charge in [0.1, 0.15) is 5.82 Å². The van der Waals surface area contributed by atoms with Crippen molar-refractivity contribution in [3.05, 3.63) is 18.2 Å². The van der Waals surface area contributed by atoms with Gasteiger partial charge < -0.3 is 14.6 Å². The summed E-state index contributed by atoms with van der Waals surface area (Å²) in [5.74, 6) is -0.269. The predicted octanol–water partition coefficient (Wildman–Crippen LogP) is 0.679. The van der Waals surface area contributed by atoms with Crippen LogP contribution in [0.5, 0.6) is 0 Å². The Kier molecular flexibility index (Phi) is 3.96. The summed E-state index contributed by atoms with van der Waals surface area (Å²) in [4.78, 5) is 32.0. The highest BCUT2D eigenvalue weighted by molar-refractivity contribution is 6.32. The lowest BCUT2D eigenvalue weighted by Crippen LogP contribution is -2.43. The molecule has 0 spiro atoms. The summed E-state index contributed by atoms with van der Waals surface area (Å²) in [7, 11) is 0. The van der Waals surface area contributed by atoms with Crippen LogP contribution in [0.15, 0.2) is 12.4 Å². The number of carbonyl (C=O) groups excluding carboxylic acids is 2. The van der Waals surface area contributed by atoms with E-state index in [9.17, 15) is 9.59 Å². The first kappa shape index (κ1) is 12.6. The summed E-state index contributed by atoms with van der Waals surface area (Å²) in [6, 6.07) is 0. The molecule has 1 unspecified atom stereocenters. The minimum absolute atomic E-state index is 0.173. The number of esters is 1. The van der Waals surface area contributed by atoms with E-state index in [4.69, 9.17) is 4.74 Å². The second-order valence-corrected chi connectivity index (χ2v) is 4.29. The zero-order valence-corrected chi connectivity index (χ0v) is 10.4. The highest BCUT2D eigenvalue weighted by Gasteiger charge is 2.30. The van der Waals surface area contributed by atoms with Gasteiger partial charge in [0.15, 0.2) is 0 Å². The maximum Gasteiger partial charge on any atom is 0.397 e. The lowest BCUT2D eigenvalue weighted by atomic mass is 9.97. The Bertz CT molecular complexity index is 416. The van der Waals surface area contributed by atoms with E-state index in [1.54, 1.807) is 24.2 Å². The summed E-state index contributed by atoms with van der Waals surface area (Å²) in [5, 5.41) is 0. The van der Waals surface area contributed by atoms with Crippen molar-refractivity contribution in [2.24, 2.45) is 0 Å². The molecule has 0 radical (unpaired) electrons. The van der Waals surface area contributed by atoms with Crippen LogP contribution in [0.1, 0.15) is 31.5 Å². The molecule has 6 heteroatoms. The Morgan fingerprint density at radius 1 is 1.61 bits per heavy atom. The monoisotopic (exact) mass is 251 g/mol. The number of carbonyl (C=O) groups is 2. The number of nitrogens with zero attached hydrogens (tertiary/aromatic N) is 2. The number of amides is 1. The molecule has 1 fully saturated rings. The van der Waals surface area contributed by atoms with Crippen LogP contribution >= 0.6 is 0 Å². The van der Waals surface area contributed by atoms with Gasteiger partial charge in [-0.1, -0.05) is 0 Å². The molecule has 1 saturated heterocycles. The van der Waals surface area contributed by atoms with Crippen LogP contribution in [0.25, 0.3) is 0 Å². The molecular weight excluding hydrogens is 234 g/mol. The Labute approximate surface area is 105 Å². The van der Waals surface area contributed by atoms with E-state index in [-0.39, 0.29) is 12.5 Å². The first-order valence-corrected chi connectivity index (χ1v) is 6.17. The topological polar surface area (TPSA) is 75.3 Å². The number of likely N-dealkylation sites (tertiary alicyclic amines) is 1. The van der Waals surface area contributed by atoms with E-state index in [1.807, 2.05) is 0 Å². The van der Waals surface area contributed by atoms with Gasteiger partial charge in [-0.25, -0.2) is 9.78 Å². The molecule has 1 aliphatic rings. The molecule has 2 heterocycles. The summed E-state index contributed by atoms with van der Waals surface area (Å²) >= 11 is 0. The van der Waals surface area contributed by atoms with E-state index in [1.165, 1.54) is 0 Å². The summed E-state index contributed by atoms with van der Waals surface area (Å²) in [6.45, 7) is 3.03. The van der Waals surface area contributed by atoms with E-state index < -0.39 is 11.9 Å². The Morgan fingerprint density at radius 2 is 2.44 bits per heavy atom. The highest BCUT2D eigenvalue weighted by Crippen LogP contribution is 2.24. The lowest BCUT2D eigenvalue weighted by molar-refractivity contribution is -0.160. The molecule has 0 aromatic carbocycles. The number of hydrogen-bond donors (Lipinski definition) is 1. The van der Waals surface area contributed by atoms with Gasteiger partial charge >= 0.3 is 11.9 Å². The number of piperidine rings is 1. The van der Waals surface area contributed by atoms with Crippen molar-refractivity contribution >= 4 is 11.9 Å². The fourth-order valence-corrected chi connectivity index (χ4v) is 2.21. The van der Waals surface area contributed by atoms with Gasteiger partial charge in [-0.2, -0.15) is 0 Å². The first-order chi connectivity index (χ1) is 8.72. The molecule has 0 bridgehead atoms. The molecular formula is C12H17N3O3. The fraction of sp³-hybridized carbons (Fsp3) is 0.583.